The topological polar surface area (TPSA) is 49.8 Å². The summed E-state index contributed by atoms with van der Waals surface area (Å²) < 4.78 is 5.76. The van der Waals surface area contributed by atoms with Crippen LogP contribution in [-0.2, 0) is 0 Å². The van der Waals surface area contributed by atoms with E-state index in [2.05, 4.69) is 0 Å². The molecule has 0 aromatic heterocycles. The second-order valence-corrected chi connectivity index (χ2v) is 6.66. The fraction of sp³-hybridized carbons (Fsp3) is 0.588. The Kier molecular flexibility index (Phi) is 4.88. The van der Waals surface area contributed by atoms with Crippen molar-refractivity contribution in [1.82, 2.24) is 4.90 Å². The van der Waals surface area contributed by atoms with Gasteiger partial charge in [0.05, 0.1) is 0 Å². The number of aliphatic hydroxyl groups is 1. The maximum absolute atomic E-state index is 12.4. The molecule has 4 heteroatoms. The predicted molar refractivity (Wildman–Crippen MR) is 82.5 cm³/mol. The van der Waals surface area contributed by atoms with Gasteiger partial charge in [-0.2, -0.15) is 0 Å². The molecule has 4 nitrogen and oxygen atoms in total. The van der Waals surface area contributed by atoms with Crippen molar-refractivity contribution in [3.63, 3.8) is 0 Å². The molecule has 0 bridgehead atoms. The van der Waals surface area contributed by atoms with Crippen LogP contribution in [0.25, 0.3) is 0 Å². The van der Waals surface area contributed by atoms with Gasteiger partial charge in [0.1, 0.15) is 11.4 Å². The van der Waals surface area contributed by atoms with Crippen molar-refractivity contribution >= 4 is 5.91 Å². The van der Waals surface area contributed by atoms with E-state index in [-0.39, 0.29) is 18.1 Å². The first-order valence-corrected chi connectivity index (χ1v) is 7.58. The lowest BCUT2D eigenvalue weighted by atomic mass is 9.97. The van der Waals surface area contributed by atoms with Crippen molar-refractivity contribution in [3.8, 4) is 5.75 Å². The van der Waals surface area contributed by atoms with E-state index >= 15 is 0 Å². The predicted octanol–water partition coefficient (Wildman–Crippen LogP) is 2.71. The molecule has 1 amide bonds. The van der Waals surface area contributed by atoms with Gasteiger partial charge in [0.25, 0.3) is 5.91 Å². The summed E-state index contributed by atoms with van der Waals surface area (Å²) in [5.41, 5.74) is 0.455. The number of nitrogens with zero attached hydrogens (tertiary/aromatic N) is 1. The summed E-state index contributed by atoms with van der Waals surface area (Å²) in [6, 6.07) is 7.33. The van der Waals surface area contributed by atoms with Crippen LogP contribution in [0.5, 0.6) is 5.75 Å². The number of piperidine rings is 1. The molecule has 2 rings (SSSR count). The third-order valence-corrected chi connectivity index (χ3v) is 3.69. The van der Waals surface area contributed by atoms with E-state index in [4.69, 9.17) is 9.84 Å². The third kappa shape index (κ3) is 4.46. The molecule has 1 fully saturated rings. The minimum absolute atomic E-state index is 0.0636. The Morgan fingerprint density at radius 2 is 1.81 bits per heavy atom. The number of hydrogen-bond acceptors (Lipinski definition) is 3. The Balaban J connectivity index is 1.97. The summed E-state index contributed by atoms with van der Waals surface area (Å²) in [6.45, 7) is 7.67. The highest BCUT2D eigenvalue weighted by Gasteiger charge is 2.23. The molecule has 116 valence electrons. The van der Waals surface area contributed by atoms with Gasteiger partial charge in [-0.25, -0.2) is 0 Å². The number of carbonyl (C=O) groups is 1. The van der Waals surface area contributed by atoms with Gasteiger partial charge >= 0.3 is 0 Å². The lowest BCUT2D eigenvalue weighted by Gasteiger charge is -2.31. The number of benzene rings is 1. The van der Waals surface area contributed by atoms with E-state index in [9.17, 15) is 4.79 Å². The molecule has 0 saturated carbocycles. The van der Waals surface area contributed by atoms with Gasteiger partial charge in [0.15, 0.2) is 0 Å². The fourth-order valence-corrected chi connectivity index (χ4v) is 2.52. The summed E-state index contributed by atoms with van der Waals surface area (Å²) in [7, 11) is 0. The van der Waals surface area contributed by atoms with Gasteiger partial charge in [-0.15, -0.1) is 0 Å². The molecule has 1 saturated heterocycles. The van der Waals surface area contributed by atoms with Gasteiger partial charge in [-0.05, 0) is 63.8 Å². The third-order valence-electron chi connectivity index (χ3n) is 3.69. The second-order valence-electron chi connectivity index (χ2n) is 6.66. The zero-order chi connectivity index (χ0) is 15.5. The van der Waals surface area contributed by atoms with Crippen LogP contribution in [0, 0.1) is 5.92 Å². The second kappa shape index (κ2) is 6.48. The SMILES string of the molecule is CC(C)(C)Oc1ccc(C(=O)N2CCC(CO)CC2)cc1. The molecule has 1 aliphatic rings. The number of hydrogen-bond donors (Lipinski definition) is 1. The fourth-order valence-electron chi connectivity index (χ4n) is 2.52. The minimum Gasteiger partial charge on any atom is -0.488 e. The number of rotatable bonds is 3. The zero-order valence-corrected chi connectivity index (χ0v) is 13.1. The highest BCUT2D eigenvalue weighted by atomic mass is 16.5. The average molecular weight is 291 g/mol. The smallest absolute Gasteiger partial charge is 0.253 e. The van der Waals surface area contributed by atoms with Crippen molar-refractivity contribution in [2.75, 3.05) is 19.7 Å². The van der Waals surface area contributed by atoms with Crippen LogP contribution in [-0.4, -0.2) is 41.2 Å². The van der Waals surface area contributed by atoms with Crippen molar-refractivity contribution in [2.45, 2.75) is 39.2 Å². The number of aliphatic hydroxyl groups excluding tert-OH is 1. The molecule has 1 N–H and O–H groups in total. The van der Waals surface area contributed by atoms with Gasteiger partial charge in [0.2, 0.25) is 0 Å². The first-order chi connectivity index (χ1) is 9.89. The average Bonchev–Trinajstić information content (AvgIpc) is 2.46. The molecule has 1 aromatic carbocycles. The number of carbonyl (C=O) groups excluding carboxylic acids is 1. The van der Waals surface area contributed by atoms with Crippen LogP contribution in [0.15, 0.2) is 24.3 Å². The summed E-state index contributed by atoms with van der Waals surface area (Å²) in [5.74, 6) is 1.18. The monoisotopic (exact) mass is 291 g/mol. The van der Waals surface area contributed by atoms with Crippen LogP contribution in [0.3, 0.4) is 0 Å². The van der Waals surface area contributed by atoms with Crippen LogP contribution < -0.4 is 4.74 Å². The summed E-state index contributed by atoms with van der Waals surface area (Å²) in [6.07, 6.45) is 1.76. The molecular weight excluding hydrogens is 266 g/mol. The van der Waals surface area contributed by atoms with Gasteiger partial charge < -0.3 is 14.7 Å². The van der Waals surface area contributed by atoms with Crippen molar-refractivity contribution < 1.29 is 14.6 Å². The Labute approximate surface area is 126 Å². The maximum atomic E-state index is 12.4. The first kappa shape index (κ1) is 15.8. The van der Waals surface area contributed by atoms with Crippen molar-refractivity contribution in [2.24, 2.45) is 5.92 Å². The van der Waals surface area contributed by atoms with Gasteiger partial charge in [-0.3, -0.25) is 4.79 Å². The maximum Gasteiger partial charge on any atom is 0.253 e. The van der Waals surface area contributed by atoms with E-state index in [1.165, 1.54) is 0 Å². The highest BCUT2D eigenvalue weighted by Crippen LogP contribution is 2.21. The lowest BCUT2D eigenvalue weighted by Crippen LogP contribution is -2.39. The summed E-state index contributed by atoms with van der Waals surface area (Å²) >= 11 is 0. The molecule has 0 atom stereocenters. The standard InChI is InChI=1S/C17H25NO3/c1-17(2,3)21-15-6-4-14(5-7-15)16(20)18-10-8-13(12-19)9-11-18/h4-7,13,19H,8-12H2,1-3H3. The van der Waals surface area contributed by atoms with Crippen LogP contribution in [0.2, 0.25) is 0 Å². The van der Waals surface area contributed by atoms with Crippen LogP contribution in [0.1, 0.15) is 44.0 Å². The molecule has 0 radical (unpaired) electrons. The molecule has 1 aliphatic heterocycles. The molecule has 0 spiro atoms. The van der Waals surface area contributed by atoms with E-state index in [1.54, 1.807) is 0 Å². The minimum atomic E-state index is -0.238. The number of amides is 1. The van der Waals surface area contributed by atoms with Crippen molar-refractivity contribution in [1.29, 1.82) is 0 Å². The lowest BCUT2D eigenvalue weighted by molar-refractivity contribution is 0.0651. The largest absolute Gasteiger partial charge is 0.488 e. The summed E-state index contributed by atoms with van der Waals surface area (Å²) in [4.78, 5) is 14.3. The highest BCUT2D eigenvalue weighted by molar-refractivity contribution is 5.94. The van der Waals surface area contributed by atoms with E-state index in [0.717, 1.165) is 31.7 Å². The van der Waals surface area contributed by atoms with Crippen LogP contribution in [0.4, 0.5) is 0 Å². The van der Waals surface area contributed by atoms with Gasteiger partial charge in [0, 0.05) is 25.3 Å². The van der Waals surface area contributed by atoms with E-state index in [1.807, 2.05) is 49.9 Å². The Bertz CT molecular complexity index is 468. The number of likely N-dealkylation sites (tertiary alicyclic amines) is 1. The molecular formula is C17H25NO3. The Morgan fingerprint density at radius 1 is 1.24 bits per heavy atom. The normalized spacial score (nSPS) is 16.9. The molecule has 0 aliphatic carbocycles. The molecule has 1 heterocycles. The Hall–Kier alpha value is -1.55. The van der Waals surface area contributed by atoms with E-state index < -0.39 is 0 Å². The summed E-state index contributed by atoms with van der Waals surface area (Å²) in [5, 5.41) is 9.14. The van der Waals surface area contributed by atoms with Crippen molar-refractivity contribution in [3.05, 3.63) is 29.8 Å². The zero-order valence-electron chi connectivity index (χ0n) is 13.1. The number of ether oxygens (including phenoxy) is 1. The van der Waals surface area contributed by atoms with E-state index in [0.29, 0.717) is 11.5 Å². The van der Waals surface area contributed by atoms with Crippen LogP contribution >= 0.6 is 0 Å². The first-order valence-electron chi connectivity index (χ1n) is 7.58. The Morgan fingerprint density at radius 3 is 2.29 bits per heavy atom. The molecule has 1 aromatic rings. The molecule has 0 unspecified atom stereocenters. The quantitative estimate of drug-likeness (QED) is 0.931. The van der Waals surface area contributed by atoms with Gasteiger partial charge in [-0.1, -0.05) is 0 Å². The molecule has 21 heavy (non-hydrogen) atoms.